The van der Waals surface area contributed by atoms with Crippen molar-refractivity contribution < 1.29 is 20.1 Å². The number of nitrogens with zero attached hydrogens (tertiary/aromatic N) is 1. The summed E-state index contributed by atoms with van der Waals surface area (Å²) in [5, 5.41) is 0. The van der Waals surface area contributed by atoms with E-state index < -0.39 is 0 Å². The summed E-state index contributed by atoms with van der Waals surface area (Å²) in [6.45, 7) is 0. The van der Waals surface area contributed by atoms with Crippen LogP contribution < -0.4 is 23.2 Å². The van der Waals surface area contributed by atoms with Crippen molar-refractivity contribution in [3.63, 3.8) is 0 Å². The third kappa shape index (κ3) is 1.01. The van der Waals surface area contributed by atoms with Crippen LogP contribution in [0.1, 0.15) is 0 Å². The van der Waals surface area contributed by atoms with Crippen LogP contribution in [0.4, 0.5) is 5.69 Å². The molecule has 0 N–H and O–H groups in total. The molecule has 54 valence electrons. The SMILES string of the molecule is CN1[I-]Sc2ccccc21. The van der Waals surface area contributed by atoms with Crippen LogP contribution in [0, 0.1) is 0 Å². The fraction of sp³-hybridized carbons (Fsp3) is 0.143. The summed E-state index contributed by atoms with van der Waals surface area (Å²) in [6, 6.07) is 8.60. The van der Waals surface area contributed by atoms with Crippen LogP contribution in [0.15, 0.2) is 29.2 Å². The first-order chi connectivity index (χ1) is 4.88. The third-order valence-electron chi connectivity index (χ3n) is 1.42. The Morgan fingerprint density at radius 2 is 2.20 bits per heavy atom. The van der Waals surface area contributed by atoms with Gasteiger partial charge in [-0.25, -0.2) is 0 Å². The zero-order chi connectivity index (χ0) is 6.97. The van der Waals surface area contributed by atoms with Crippen molar-refractivity contribution in [3.05, 3.63) is 24.3 Å². The van der Waals surface area contributed by atoms with E-state index in [9.17, 15) is 0 Å². The number of anilines is 1. The maximum absolute atomic E-state index is 2.37. The molecule has 0 fully saturated rings. The summed E-state index contributed by atoms with van der Waals surface area (Å²) >= 11 is 0.200. The second-order valence-electron chi connectivity index (χ2n) is 2.09. The summed E-state index contributed by atoms with van der Waals surface area (Å²) in [4.78, 5) is 1.46. The van der Waals surface area contributed by atoms with Crippen molar-refractivity contribution >= 4 is 14.6 Å². The minimum atomic E-state index is 0.200. The monoisotopic (exact) mass is 264 g/mol. The topological polar surface area (TPSA) is 3.24 Å². The van der Waals surface area contributed by atoms with Crippen molar-refractivity contribution in [2.45, 2.75) is 4.90 Å². The third-order valence-corrected chi connectivity index (χ3v) is 6.51. The van der Waals surface area contributed by atoms with Crippen molar-refractivity contribution in [3.8, 4) is 0 Å². The number of halogens is 1. The van der Waals surface area contributed by atoms with Crippen LogP contribution in [0.25, 0.3) is 0 Å². The molecule has 1 aliphatic heterocycles. The van der Waals surface area contributed by atoms with Crippen LogP contribution in [-0.4, -0.2) is 7.05 Å². The van der Waals surface area contributed by atoms with Gasteiger partial charge in [0, 0.05) is 0 Å². The van der Waals surface area contributed by atoms with Gasteiger partial charge < -0.3 is 0 Å². The molecule has 0 saturated carbocycles. The fourth-order valence-electron chi connectivity index (χ4n) is 0.903. The summed E-state index contributed by atoms with van der Waals surface area (Å²) in [6.07, 6.45) is 0. The normalized spacial score (nSPS) is 16.3. The number of rotatable bonds is 0. The predicted molar refractivity (Wildman–Crippen MR) is 40.7 cm³/mol. The summed E-state index contributed by atoms with van der Waals surface area (Å²) in [5.74, 6) is 0. The molecular weight excluding hydrogens is 257 g/mol. The Balaban J connectivity index is 2.51. The summed E-state index contributed by atoms with van der Waals surface area (Å²) in [5.41, 5.74) is 1.42. The Bertz CT molecular complexity index is 251. The predicted octanol–water partition coefficient (Wildman–Crippen LogP) is -0.852. The van der Waals surface area contributed by atoms with Gasteiger partial charge in [-0.3, -0.25) is 0 Å². The van der Waals surface area contributed by atoms with Gasteiger partial charge in [0.25, 0.3) is 0 Å². The number of fused-ring (bicyclic) bond motifs is 1. The molecule has 3 heteroatoms. The number of hydrogen-bond acceptors (Lipinski definition) is 2. The number of benzene rings is 1. The van der Waals surface area contributed by atoms with Crippen LogP contribution in [0.3, 0.4) is 0 Å². The van der Waals surface area contributed by atoms with Crippen molar-refractivity contribution in [1.29, 1.82) is 0 Å². The second-order valence-corrected chi connectivity index (χ2v) is 6.77. The Morgan fingerprint density at radius 3 is 3.00 bits per heavy atom. The Kier molecular flexibility index (Phi) is 1.78. The van der Waals surface area contributed by atoms with Gasteiger partial charge in [0.05, 0.1) is 0 Å². The molecule has 10 heavy (non-hydrogen) atoms. The molecular formula is C7H7INS-. The average Bonchev–Trinajstić information content (AvgIpc) is 2.34. The maximum atomic E-state index is 2.37. The van der Waals surface area contributed by atoms with Crippen LogP contribution >= 0.6 is 8.93 Å². The Hall–Kier alpha value is 0.100. The van der Waals surface area contributed by atoms with Gasteiger partial charge in [-0.2, -0.15) is 0 Å². The van der Waals surface area contributed by atoms with Gasteiger partial charge in [0.1, 0.15) is 0 Å². The Labute approximate surface area is 73.9 Å². The van der Waals surface area contributed by atoms with E-state index in [1.165, 1.54) is 10.6 Å². The molecule has 0 atom stereocenters. The van der Waals surface area contributed by atoms with E-state index in [1.807, 2.05) is 8.93 Å². The van der Waals surface area contributed by atoms with E-state index in [2.05, 4.69) is 34.4 Å². The van der Waals surface area contributed by atoms with Gasteiger partial charge in [-0.1, -0.05) is 0 Å². The molecule has 1 nitrogen and oxygen atoms in total. The van der Waals surface area contributed by atoms with E-state index in [-0.39, 0.29) is 20.1 Å². The van der Waals surface area contributed by atoms with Gasteiger partial charge in [0.15, 0.2) is 0 Å². The van der Waals surface area contributed by atoms with E-state index in [0.717, 1.165) is 0 Å². The summed E-state index contributed by atoms with van der Waals surface area (Å²) in [7, 11) is 4.18. The molecule has 1 aliphatic rings. The van der Waals surface area contributed by atoms with Crippen molar-refractivity contribution in [1.82, 2.24) is 0 Å². The first-order valence-electron chi connectivity index (χ1n) is 3.03. The molecule has 0 unspecified atom stereocenters. The zero-order valence-electron chi connectivity index (χ0n) is 5.54. The molecule has 1 aromatic carbocycles. The number of hydrogen-bond donors (Lipinski definition) is 0. The molecule has 1 heterocycles. The zero-order valence-corrected chi connectivity index (χ0v) is 8.52. The summed E-state index contributed by atoms with van der Waals surface area (Å²) < 4.78 is 2.37. The van der Waals surface area contributed by atoms with Gasteiger partial charge >= 0.3 is 74.0 Å². The molecule has 0 spiro atoms. The average molecular weight is 264 g/mol. The number of para-hydroxylation sites is 1. The molecule has 0 saturated heterocycles. The molecule has 0 amide bonds. The minimum absolute atomic E-state index is 0.200. The van der Waals surface area contributed by atoms with Crippen molar-refractivity contribution in [2.24, 2.45) is 0 Å². The Morgan fingerprint density at radius 1 is 1.40 bits per heavy atom. The van der Waals surface area contributed by atoms with E-state index >= 15 is 0 Å². The second kappa shape index (κ2) is 2.62. The van der Waals surface area contributed by atoms with Gasteiger partial charge in [-0.15, -0.1) is 0 Å². The quantitative estimate of drug-likeness (QED) is 0.443. The standard InChI is InChI=1S/C7H7INS/c1-9-6-4-2-3-5-7(6)10-8-9/h2-5H,1H3/q-1. The fourth-order valence-corrected chi connectivity index (χ4v) is 5.43. The van der Waals surface area contributed by atoms with Crippen LogP contribution in [0.5, 0.6) is 0 Å². The molecule has 2 rings (SSSR count). The first kappa shape index (κ1) is 6.79. The van der Waals surface area contributed by atoms with Gasteiger partial charge in [0.2, 0.25) is 0 Å². The van der Waals surface area contributed by atoms with E-state index in [1.54, 1.807) is 0 Å². The molecule has 0 bridgehead atoms. The van der Waals surface area contributed by atoms with Crippen molar-refractivity contribution in [2.75, 3.05) is 10.2 Å². The first-order valence-corrected chi connectivity index (χ1v) is 7.35. The van der Waals surface area contributed by atoms with E-state index in [0.29, 0.717) is 0 Å². The van der Waals surface area contributed by atoms with Gasteiger partial charge in [-0.05, 0) is 0 Å². The van der Waals surface area contributed by atoms with Crippen LogP contribution in [0.2, 0.25) is 0 Å². The molecule has 1 aromatic rings. The molecule has 0 radical (unpaired) electrons. The molecule has 0 aliphatic carbocycles. The van der Waals surface area contributed by atoms with E-state index in [4.69, 9.17) is 0 Å². The van der Waals surface area contributed by atoms with Crippen LogP contribution in [-0.2, 0) is 0 Å². The molecule has 0 aromatic heterocycles.